The molecule has 0 spiro atoms. The van der Waals surface area contributed by atoms with E-state index in [4.69, 9.17) is 0 Å². The molecule has 1 aromatic rings. The zero-order valence-electron chi connectivity index (χ0n) is 7.83. The van der Waals surface area contributed by atoms with Gasteiger partial charge in [0.15, 0.2) is 0 Å². The Morgan fingerprint density at radius 1 is 1.38 bits per heavy atom. The van der Waals surface area contributed by atoms with Crippen molar-refractivity contribution >= 4 is 0 Å². The Labute approximate surface area is 79.0 Å². The molecule has 0 aliphatic heterocycles. The topological polar surface area (TPSA) is 20.2 Å². The van der Waals surface area contributed by atoms with Crippen molar-refractivity contribution in [3.8, 4) is 0 Å². The molecule has 0 saturated heterocycles. The Hall–Kier alpha value is -1.34. The predicted molar refractivity (Wildman–Crippen MR) is 55.3 cm³/mol. The molecule has 1 aromatic carbocycles. The molecule has 1 heteroatoms. The molecule has 0 aliphatic carbocycles. The Kier molecular flexibility index (Phi) is 2.69. The van der Waals surface area contributed by atoms with E-state index in [9.17, 15) is 5.11 Å². The highest BCUT2D eigenvalue weighted by Gasteiger charge is 2.24. The van der Waals surface area contributed by atoms with Gasteiger partial charge < -0.3 is 5.11 Å². The summed E-state index contributed by atoms with van der Waals surface area (Å²) in [7, 11) is 0. The van der Waals surface area contributed by atoms with Crippen LogP contribution in [-0.2, 0) is 5.60 Å². The lowest BCUT2D eigenvalue weighted by Crippen LogP contribution is -2.22. The van der Waals surface area contributed by atoms with Gasteiger partial charge in [0.05, 0.1) is 0 Å². The van der Waals surface area contributed by atoms with Crippen molar-refractivity contribution < 1.29 is 5.11 Å². The summed E-state index contributed by atoms with van der Waals surface area (Å²) < 4.78 is 0. The summed E-state index contributed by atoms with van der Waals surface area (Å²) in [5.41, 5.74) is 0.432. The van der Waals surface area contributed by atoms with Crippen molar-refractivity contribution in [2.45, 2.75) is 12.5 Å². The Balaban J connectivity index is 3.07. The molecule has 0 saturated carbocycles. The molecule has 0 heterocycles. The first-order chi connectivity index (χ1) is 6.09. The van der Waals surface area contributed by atoms with E-state index in [1.54, 1.807) is 13.0 Å². The number of rotatable bonds is 3. The van der Waals surface area contributed by atoms with E-state index < -0.39 is 5.60 Å². The third kappa shape index (κ3) is 1.87. The van der Waals surface area contributed by atoms with Gasteiger partial charge in [-0.2, -0.15) is 0 Å². The second-order valence-electron chi connectivity index (χ2n) is 3.17. The maximum atomic E-state index is 10.1. The number of benzene rings is 1. The summed E-state index contributed by atoms with van der Waals surface area (Å²) in [5.74, 6) is 0. The van der Waals surface area contributed by atoms with Gasteiger partial charge >= 0.3 is 0 Å². The molecular formula is C12H14O. The van der Waals surface area contributed by atoms with Crippen molar-refractivity contribution in [1.82, 2.24) is 0 Å². The van der Waals surface area contributed by atoms with Gasteiger partial charge in [-0.3, -0.25) is 0 Å². The van der Waals surface area contributed by atoms with Gasteiger partial charge in [0.2, 0.25) is 0 Å². The molecule has 0 bridgehead atoms. The maximum absolute atomic E-state index is 10.1. The first-order valence-electron chi connectivity index (χ1n) is 4.18. The SMILES string of the molecule is C=CC(=C)[C@](C)(O)c1ccccc1. The highest BCUT2D eigenvalue weighted by molar-refractivity contribution is 5.34. The lowest BCUT2D eigenvalue weighted by molar-refractivity contribution is 0.102. The van der Waals surface area contributed by atoms with Crippen molar-refractivity contribution in [2.24, 2.45) is 0 Å². The van der Waals surface area contributed by atoms with Crippen molar-refractivity contribution in [3.63, 3.8) is 0 Å². The van der Waals surface area contributed by atoms with E-state index in [2.05, 4.69) is 13.2 Å². The van der Waals surface area contributed by atoms with Crippen LogP contribution in [-0.4, -0.2) is 5.11 Å². The normalized spacial score (nSPS) is 14.6. The summed E-state index contributed by atoms with van der Waals surface area (Å²) >= 11 is 0. The lowest BCUT2D eigenvalue weighted by Gasteiger charge is -2.24. The molecule has 0 aromatic heterocycles. The van der Waals surface area contributed by atoms with Gasteiger partial charge in [0.1, 0.15) is 5.60 Å². The second kappa shape index (κ2) is 3.58. The number of hydrogen-bond acceptors (Lipinski definition) is 1. The molecule has 0 unspecified atom stereocenters. The summed E-state index contributed by atoms with van der Waals surface area (Å²) in [4.78, 5) is 0. The average Bonchev–Trinajstić information content (AvgIpc) is 2.18. The zero-order valence-corrected chi connectivity index (χ0v) is 7.83. The molecule has 0 amide bonds. The number of aliphatic hydroxyl groups is 1. The minimum Gasteiger partial charge on any atom is -0.381 e. The van der Waals surface area contributed by atoms with Crippen molar-refractivity contribution in [1.29, 1.82) is 0 Å². The molecule has 68 valence electrons. The van der Waals surface area contributed by atoms with Crippen LogP contribution in [0, 0.1) is 0 Å². The summed E-state index contributed by atoms with van der Waals surface area (Å²) in [5, 5.41) is 10.1. The van der Waals surface area contributed by atoms with Gasteiger partial charge in [-0.15, -0.1) is 0 Å². The highest BCUT2D eigenvalue weighted by Crippen LogP contribution is 2.27. The predicted octanol–water partition coefficient (Wildman–Crippen LogP) is 2.64. The molecule has 1 N–H and O–H groups in total. The minimum absolute atomic E-state index is 0.610. The summed E-state index contributed by atoms with van der Waals surface area (Å²) in [6, 6.07) is 9.43. The molecule has 0 fully saturated rings. The van der Waals surface area contributed by atoms with Gasteiger partial charge in [-0.05, 0) is 18.1 Å². The molecule has 1 atom stereocenters. The molecule has 1 nitrogen and oxygen atoms in total. The lowest BCUT2D eigenvalue weighted by atomic mass is 9.89. The monoisotopic (exact) mass is 174 g/mol. The first kappa shape index (κ1) is 9.75. The molecule has 1 rings (SSSR count). The standard InChI is InChI=1S/C12H14O/c1-4-10(2)12(3,13)11-8-6-5-7-9-11/h4-9,13H,1-2H2,3H3/t12-/m0/s1. The quantitative estimate of drug-likeness (QED) is 0.698. The van der Waals surface area contributed by atoms with E-state index in [-0.39, 0.29) is 0 Å². The summed E-state index contributed by atoms with van der Waals surface area (Å²) in [6.45, 7) is 9.06. The highest BCUT2D eigenvalue weighted by atomic mass is 16.3. The van der Waals surface area contributed by atoms with E-state index in [0.29, 0.717) is 5.57 Å². The van der Waals surface area contributed by atoms with Crippen LogP contribution in [0.4, 0.5) is 0 Å². The van der Waals surface area contributed by atoms with Crippen LogP contribution in [0.25, 0.3) is 0 Å². The van der Waals surface area contributed by atoms with Gasteiger partial charge in [-0.25, -0.2) is 0 Å². The van der Waals surface area contributed by atoms with Crippen LogP contribution in [0.2, 0.25) is 0 Å². The number of hydrogen-bond donors (Lipinski definition) is 1. The smallest absolute Gasteiger partial charge is 0.111 e. The second-order valence-corrected chi connectivity index (χ2v) is 3.17. The maximum Gasteiger partial charge on any atom is 0.111 e. The first-order valence-corrected chi connectivity index (χ1v) is 4.18. The average molecular weight is 174 g/mol. The van der Waals surface area contributed by atoms with Crippen LogP contribution >= 0.6 is 0 Å². The largest absolute Gasteiger partial charge is 0.381 e. The van der Waals surface area contributed by atoms with Crippen LogP contribution in [0.3, 0.4) is 0 Å². The van der Waals surface area contributed by atoms with E-state index in [1.165, 1.54) is 0 Å². The summed E-state index contributed by atoms with van der Waals surface area (Å²) in [6.07, 6.45) is 1.58. The Morgan fingerprint density at radius 3 is 2.38 bits per heavy atom. The van der Waals surface area contributed by atoms with Crippen LogP contribution in [0.1, 0.15) is 12.5 Å². The third-order valence-corrected chi connectivity index (χ3v) is 2.21. The fourth-order valence-electron chi connectivity index (χ4n) is 1.15. The van der Waals surface area contributed by atoms with E-state index in [0.717, 1.165) is 5.56 Å². The van der Waals surface area contributed by atoms with Crippen molar-refractivity contribution in [3.05, 3.63) is 60.7 Å². The van der Waals surface area contributed by atoms with Gasteiger partial charge in [-0.1, -0.05) is 49.6 Å². The minimum atomic E-state index is -1.01. The Morgan fingerprint density at radius 2 is 1.92 bits per heavy atom. The fourth-order valence-corrected chi connectivity index (χ4v) is 1.15. The van der Waals surface area contributed by atoms with Crippen LogP contribution in [0.15, 0.2) is 55.1 Å². The Bertz CT molecular complexity index is 309. The molecule has 0 radical (unpaired) electrons. The van der Waals surface area contributed by atoms with Crippen LogP contribution in [0.5, 0.6) is 0 Å². The molecule has 0 aliphatic rings. The van der Waals surface area contributed by atoms with E-state index in [1.807, 2.05) is 30.3 Å². The molecular weight excluding hydrogens is 160 g/mol. The van der Waals surface area contributed by atoms with Gasteiger partial charge in [0, 0.05) is 0 Å². The van der Waals surface area contributed by atoms with E-state index >= 15 is 0 Å². The third-order valence-electron chi connectivity index (χ3n) is 2.21. The van der Waals surface area contributed by atoms with Crippen LogP contribution < -0.4 is 0 Å². The fraction of sp³-hybridized carbons (Fsp3) is 0.167. The van der Waals surface area contributed by atoms with Crippen molar-refractivity contribution in [2.75, 3.05) is 0 Å². The van der Waals surface area contributed by atoms with Gasteiger partial charge in [0.25, 0.3) is 0 Å². The molecule has 13 heavy (non-hydrogen) atoms. The zero-order chi connectivity index (χ0) is 9.90.